The van der Waals surface area contributed by atoms with Crippen LogP contribution in [0.4, 0.5) is 0 Å². The standard InChI is InChI=1S/C14H17N5S/c1-18(8-9-19-7-6-15-11-19)10-12-2-3-14(20-12)13-4-5-16-17-13/h2-7,11H,8-10H2,1H3,(H,16,17). The van der Waals surface area contributed by atoms with Gasteiger partial charge in [-0.05, 0) is 25.2 Å². The molecule has 3 aromatic heterocycles. The summed E-state index contributed by atoms with van der Waals surface area (Å²) in [5.41, 5.74) is 1.09. The van der Waals surface area contributed by atoms with Gasteiger partial charge in [0.05, 0.1) is 16.9 Å². The predicted octanol–water partition coefficient (Wildman–Crippen LogP) is 2.47. The first-order valence-corrected chi connectivity index (χ1v) is 7.35. The number of hydrogen-bond donors (Lipinski definition) is 1. The largest absolute Gasteiger partial charge is 0.336 e. The van der Waals surface area contributed by atoms with E-state index in [9.17, 15) is 0 Å². The molecule has 0 radical (unpaired) electrons. The second-order valence-electron chi connectivity index (χ2n) is 4.77. The molecule has 0 saturated heterocycles. The number of aromatic nitrogens is 4. The van der Waals surface area contributed by atoms with Gasteiger partial charge in [-0.25, -0.2) is 4.98 Å². The normalized spacial score (nSPS) is 11.3. The number of nitrogens with one attached hydrogen (secondary N) is 1. The van der Waals surface area contributed by atoms with E-state index in [0.29, 0.717) is 0 Å². The van der Waals surface area contributed by atoms with Crippen LogP contribution in [0.15, 0.2) is 43.1 Å². The predicted molar refractivity (Wildman–Crippen MR) is 80.5 cm³/mol. The molecule has 0 aliphatic carbocycles. The second-order valence-corrected chi connectivity index (χ2v) is 5.94. The van der Waals surface area contributed by atoms with Crippen molar-refractivity contribution in [3.05, 3.63) is 48.0 Å². The molecule has 3 rings (SSSR count). The number of aromatic amines is 1. The molecule has 1 N–H and O–H groups in total. The summed E-state index contributed by atoms with van der Waals surface area (Å²) in [6, 6.07) is 6.34. The molecule has 3 heterocycles. The van der Waals surface area contributed by atoms with Crippen LogP contribution in [0.25, 0.3) is 10.6 Å². The quantitative estimate of drug-likeness (QED) is 0.757. The highest BCUT2D eigenvalue weighted by Crippen LogP contribution is 2.26. The number of imidazole rings is 1. The fourth-order valence-electron chi connectivity index (χ4n) is 2.05. The molecule has 104 valence electrons. The van der Waals surface area contributed by atoms with Crippen LogP contribution in [0.2, 0.25) is 0 Å². The van der Waals surface area contributed by atoms with Gasteiger partial charge in [-0.1, -0.05) is 0 Å². The lowest BCUT2D eigenvalue weighted by Crippen LogP contribution is -2.21. The van der Waals surface area contributed by atoms with Crippen LogP contribution in [-0.4, -0.2) is 38.2 Å². The maximum Gasteiger partial charge on any atom is 0.0946 e. The van der Waals surface area contributed by atoms with Gasteiger partial charge in [0.25, 0.3) is 0 Å². The molecule has 20 heavy (non-hydrogen) atoms. The van der Waals surface area contributed by atoms with Crippen molar-refractivity contribution in [1.29, 1.82) is 0 Å². The number of rotatable bonds is 6. The smallest absolute Gasteiger partial charge is 0.0946 e. The molecular weight excluding hydrogens is 270 g/mol. The maximum absolute atomic E-state index is 4.05. The maximum atomic E-state index is 4.05. The molecule has 0 aliphatic rings. The van der Waals surface area contributed by atoms with Gasteiger partial charge in [0.15, 0.2) is 0 Å². The van der Waals surface area contributed by atoms with Crippen molar-refractivity contribution in [1.82, 2.24) is 24.6 Å². The minimum atomic E-state index is 0.966. The van der Waals surface area contributed by atoms with E-state index in [1.54, 1.807) is 6.20 Å². The van der Waals surface area contributed by atoms with Crippen molar-refractivity contribution in [2.45, 2.75) is 13.1 Å². The highest BCUT2D eigenvalue weighted by Gasteiger charge is 2.06. The molecule has 0 aliphatic heterocycles. The minimum absolute atomic E-state index is 0.966. The average Bonchev–Trinajstić information content (AvgIpc) is 3.18. The lowest BCUT2D eigenvalue weighted by molar-refractivity contribution is 0.314. The van der Waals surface area contributed by atoms with E-state index >= 15 is 0 Å². The third kappa shape index (κ3) is 3.15. The van der Waals surface area contributed by atoms with E-state index in [2.05, 4.69) is 43.8 Å². The summed E-state index contributed by atoms with van der Waals surface area (Å²) in [5, 5.41) is 6.99. The molecule has 6 heteroatoms. The van der Waals surface area contributed by atoms with Gasteiger partial charge < -0.3 is 4.57 Å². The van der Waals surface area contributed by atoms with Crippen LogP contribution in [0.1, 0.15) is 4.88 Å². The summed E-state index contributed by atoms with van der Waals surface area (Å²) in [7, 11) is 2.15. The van der Waals surface area contributed by atoms with E-state index in [0.717, 1.165) is 25.3 Å². The molecule has 0 amide bonds. The number of hydrogen-bond acceptors (Lipinski definition) is 4. The summed E-state index contributed by atoms with van der Waals surface area (Å²) < 4.78 is 2.10. The van der Waals surface area contributed by atoms with Crippen LogP contribution in [0.3, 0.4) is 0 Å². The number of nitrogens with zero attached hydrogens (tertiary/aromatic N) is 4. The zero-order chi connectivity index (χ0) is 13.8. The van der Waals surface area contributed by atoms with E-state index in [1.807, 2.05) is 36.1 Å². The third-order valence-electron chi connectivity index (χ3n) is 3.15. The Hall–Kier alpha value is -1.92. The van der Waals surface area contributed by atoms with Gasteiger partial charge in [0.2, 0.25) is 0 Å². The molecule has 0 saturated carbocycles. The molecular formula is C14H17N5S. The molecule has 5 nitrogen and oxygen atoms in total. The van der Waals surface area contributed by atoms with Gasteiger partial charge in [0.1, 0.15) is 0 Å². The van der Waals surface area contributed by atoms with Crippen molar-refractivity contribution in [3.8, 4) is 10.6 Å². The number of thiophene rings is 1. The zero-order valence-electron chi connectivity index (χ0n) is 11.4. The zero-order valence-corrected chi connectivity index (χ0v) is 12.2. The van der Waals surface area contributed by atoms with Crippen molar-refractivity contribution in [2.24, 2.45) is 0 Å². The van der Waals surface area contributed by atoms with Crippen LogP contribution in [0, 0.1) is 0 Å². The molecule has 0 spiro atoms. The Morgan fingerprint density at radius 2 is 2.25 bits per heavy atom. The van der Waals surface area contributed by atoms with E-state index in [4.69, 9.17) is 0 Å². The molecule has 0 bridgehead atoms. The summed E-state index contributed by atoms with van der Waals surface area (Å²) in [5.74, 6) is 0. The first-order valence-electron chi connectivity index (χ1n) is 6.54. The van der Waals surface area contributed by atoms with Crippen LogP contribution in [0.5, 0.6) is 0 Å². The van der Waals surface area contributed by atoms with E-state index in [1.165, 1.54) is 9.75 Å². The minimum Gasteiger partial charge on any atom is -0.336 e. The first-order chi connectivity index (χ1) is 9.81. The van der Waals surface area contributed by atoms with Gasteiger partial charge in [-0.15, -0.1) is 11.3 Å². The molecule has 0 fully saturated rings. The Balaban J connectivity index is 1.55. The number of H-pyrrole nitrogens is 1. The van der Waals surface area contributed by atoms with Gasteiger partial charge >= 0.3 is 0 Å². The van der Waals surface area contributed by atoms with Gasteiger partial charge in [-0.2, -0.15) is 5.10 Å². The van der Waals surface area contributed by atoms with Crippen LogP contribution in [-0.2, 0) is 13.1 Å². The highest BCUT2D eigenvalue weighted by molar-refractivity contribution is 7.15. The first kappa shape index (κ1) is 13.1. The SMILES string of the molecule is CN(CCn1ccnc1)Cc1ccc(-c2ccn[nH]2)s1. The summed E-state index contributed by atoms with van der Waals surface area (Å²) in [6.45, 7) is 2.94. The van der Waals surface area contributed by atoms with E-state index < -0.39 is 0 Å². The Labute approximate surface area is 121 Å². The Bertz CT molecular complexity index is 626. The van der Waals surface area contributed by atoms with Crippen molar-refractivity contribution < 1.29 is 0 Å². The van der Waals surface area contributed by atoms with E-state index in [-0.39, 0.29) is 0 Å². The monoisotopic (exact) mass is 287 g/mol. The fourth-order valence-corrected chi connectivity index (χ4v) is 3.11. The second kappa shape index (κ2) is 6.02. The molecule has 0 atom stereocenters. The summed E-state index contributed by atoms with van der Waals surface area (Å²) >= 11 is 1.81. The van der Waals surface area contributed by atoms with Crippen LogP contribution < -0.4 is 0 Å². The van der Waals surface area contributed by atoms with Gasteiger partial charge in [0, 0.05) is 43.1 Å². The lowest BCUT2D eigenvalue weighted by atomic mass is 10.3. The fraction of sp³-hybridized carbons (Fsp3) is 0.286. The number of likely N-dealkylation sites (N-methyl/N-ethyl adjacent to an activating group) is 1. The Kier molecular flexibility index (Phi) is 3.94. The topological polar surface area (TPSA) is 49.7 Å². The van der Waals surface area contributed by atoms with Crippen LogP contribution >= 0.6 is 11.3 Å². The summed E-state index contributed by atoms with van der Waals surface area (Å²) in [4.78, 5) is 8.98. The Morgan fingerprint density at radius 3 is 3.00 bits per heavy atom. The van der Waals surface area contributed by atoms with Gasteiger partial charge in [-0.3, -0.25) is 10.00 Å². The molecule has 0 aromatic carbocycles. The third-order valence-corrected chi connectivity index (χ3v) is 4.26. The average molecular weight is 287 g/mol. The van der Waals surface area contributed by atoms with Crippen molar-refractivity contribution in [2.75, 3.05) is 13.6 Å². The van der Waals surface area contributed by atoms with Crippen molar-refractivity contribution in [3.63, 3.8) is 0 Å². The van der Waals surface area contributed by atoms with Crippen molar-refractivity contribution >= 4 is 11.3 Å². The molecule has 0 unspecified atom stereocenters. The summed E-state index contributed by atoms with van der Waals surface area (Å²) in [6.07, 6.45) is 7.45. The Morgan fingerprint density at radius 1 is 1.30 bits per heavy atom. The highest BCUT2D eigenvalue weighted by atomic mass is 32.1. The lowest BCUT2D eigenvalue weighted by Gasteiger charge is -2.15. The molecule has 3 aromatic rings.